The fourth-order valence-electron chi connectivity index (χ4n) is 2.19. The number of thiazole rings is 1. The van der Waals surface area contributed by atoms with Gasteiger partial charge in [-0.2, -0.15) is 0 Å². The summed E-state index contributed by atoms with van der Waals surface area (Å²) in [6.07, 6.45) is 4.27. The van der Waals surface area contributed by atoms with Crippen LogP contribution >= 0.6 is 35.3 Å². The van der Waals surface area contributed by atoms with Crippen LogP contribution in [0.15, 0.2) is 22.0 Å². The number of rotatable bonds is 6. The minimum atomic E-state index is 0. The Kier molecular flexibility index (Phi) is 9.73. The van der Waals surface area contributed by atoms with Crippen LogP contribution in [0.2, 0.25) is 0 Å². The van der Waals surface area contributed by atoms with Crippen LogP contribution in [-0.4, -0.2) is 37.7 Å². The monoisotopic (exact) mass is 450 g/mol. The molecule has 0 aromatic carbocycles. The van der Waals surface area contributed by atoms with Crippen LogP contribution in [0.4, 0.5) is 0 Å². The predicted octanol–water partition coefficient (Wildman–Crippen LogP) is 3.29. The highest BCUT2D eigenvalue weighted by Gasteiger charge is 2.07. The standard InChI is InChI=1S/C16H26N4OS.HI/c1-12(2)14-11-22-15(20-14)10-19-16(17-3)18-7-4-13-5-8-21-9-6-13;/h5,11-12H,4,6-10H2,1-3H3,(H2,17,18,19);1H. The van der Waals surface area contributed by atoms with Gasteiger partial charge >= 0.3 is 0 Å². The molecule has 0 radical (unpaired) electrons. The number of aliphatic imine (C=N–C) groups is 1. The first-order valence-electron chi connectivity index (χ1n) is 7.83. The van der Waals surface area contributed by atoms with Crippen LogP contribution < -0.4 is 10.6 Å². The van der Waals surface area contributed by atoms with Crippen LogP contribution in [0.3, 0.4) is 0 Å². The van der Waals surface area contributed by atoms with Crippen molar-refractivity contribution in [1.29, 1.82) is 0 Å². The fourth-order valence-corrected chi connectivity index (χ4v) is 3.08. The molecule has 23 heavy (non-hydrogen) atoms. The van der Waals surface area contributed by atoms with E-state index in [1.54, 1.807) is 18.4 Å². The first-order chi connectivity index (χ1) is 10.7. The molecule has 1 aliphatic rings. The number of hydrogen-bond acceptors (Lipinski definition) is 4. The number of nitrogens with zero attached hydrogens (tertiary/aromatic N) is 2. The number of aromatic nitrogens is 1. The van der Waals surface area contributed by atoms with Gasteiger partial charge in [-0.25, -0.2) is 4.98 Å². The van der Waals surface area contributed by atoms with Crippen molar-refractivity contribution in [2.75, 3.05) is 26.8 Å². The van der Waals surface area contributed by atoms with Crippen molar-refractivity contribution in [2.24, 2.45) is 4.99 Å². The zero-order valence-corrected chi connectivity index (χ0v) is 17.2. The first kappa shape index (κ1) is 20.4. The molecule has 0 spiro atoms. The molecule has 0 saturated heterocycles. The summed E-state index contributed by atoms with van der Waals surface area (Å²) in [7, 11) is 1.80. The molecule has 0 bridgehead atoms. The Labute approximate surface area is 160 Å². The first-order valence-corrected chi connectivity index (χ1v) is 8.71. The van der Waals surface area contributed by atoms with Crippen molar-refractivity contribution in [3.05, 3.63) is 27.7 Å². The van der Waals surface area contributed by atoms with E-state index in [1.807, 2.05) is 0 Å². The molecule has 0 unspecified atom stereocenters. The molecular weight excluding hydrogens is 423 g/mol. The van der Waals surface area contributed by atoms with Crippen molar-refractivity contribution in [1.82, 2.24) is 15.6 Å². The van der Waals surface area contributed by atoms with E-state index in [0.717, 1.165) is 49.3 Å². The molecule has 0 amide bonds. The van der Waals surface area contributed by atoms with Gasteiger partial charge in [-0.3, -0.25) is 4.99 Å². The van der Waals surface area contributed by atoms with E-state index in [1.165, 1.54) is 5.57 Å². The molecule has 1 aromatic rings. The number of halogens is 1. The lowest BCUT2D eigenvalue weighted by atomic mass is 10.1. The summed E-state index contributed by atoms with van der Waals surface area (Å²) in [5.74, 6) is 1.31. The molecule has 2 rings (SSSR count). The van der Waals surface area contributed by atoms with Gasteiger partial charge in [0.1, 0.15) is 5.01 Å². The van der Waals surface area contributed by atoms with Crippen LogP contribution in [-0.2, 0) is 11.3 Å². The number of guanidine groups is 1. The van der Waals surface area contributed by atoms with Crippen LogP contribution in [0.1, 0.15) is 43.3 Å². The summed E-state index contributed by atoms with van der Waals surface area (Å²) in [4.78, 5) is 8.87. The summed E-state index contributed by atoms with van der Waals surface area (Å²) in [5, 5.41) is 9.90. The Morgan fingerprint density at radius 2 is 2.26 bits per heavy atom. The van der Waals surface area contributed by atoms with E-state index in [-0.39, 0.29) is 24.0 Å². The molecule has 0 aliphatic carbocycles. The van der Waals surface area contributed by atoms with Gasteiger partial charge in [0.15, 0.2) is 5.96 Å². The molecule has 1 aromatic heterocycles. The third-order valence-electron chi connectivity index (χ3n) is 3.59. The lowest BCUT2D eigenvalue weighted by Crippen LogP contribution is -2.37. The summed E-state index contributed by atoms with van der Waals surface area (Å²) >= 11 is 1.70. The van der Waals surface area contributed by atoms with Gasteiger partial charge in [0, 0.05) is 19.0 Å². The topological polar surface area (TPSA) is 58.5 Å². The Morgan fingerprint density at radius 1 is 1.43 bits per heavy atom. The van der Waals surface area contributed by atoms with Crippen molar-refractivity contribution in [3.63, 3.8) is 0 Å². The van der Waals surface area contributed by atoms with Gasteiger partial charge in [0.05, 0.1) is 25.5 Å². The summed E-state index contributed by atoms with van der Waals surface area (Å²) in [6, 6.07) is 0. The quantitative estimate of drug-likeness (QED) is 0.302. The third kappa shape index (κ3) is 7.17. The molecule has 0 fully saturated rings. The van der Waals surface area contributed by atoms with Gasteiger partial charge in [-0.05, 0) is 18.8 Å². The highest BCUT2D eigenvalue weighted by molar-refractivity contribution is 14.0. The second-order valence-electron chi connectivity index (χ2n) is 5.61. The smallest absolute Gasteiger partial charge is 0.191 e. The largest absolute Gasteiger partial charge is 0.377 e. The van der Waals surface area contributed by atoms with Crippen molar-refractivity contribution in [2.45, 2.75) is 39.2 Å². The molecule has 0 saturated carbocycles. The molecule has 130 valence electrons. The minimum absolute atomic E-state index is 0. The van der Waals surface area contributed by atoms with Crippen LogP contribution in [0, 0.1) is 0 Å². The lowest BCUT2D eigenvalue weighted by molar-refractivity contribution is 0.153. The van der Waals surface area contributed by atoms with E-state index in [9.17, 15) is 0 Å². The van der Waals surface area contributed by atoms with Crippen LogP contribution in [0.25, 0.3) is 0 Å². The highest BCUT2D eigenvalue weighted by Crippen LogP contribution is 2.17. The molecule has 2 heterocycles. The fraction of sp³-hybridized carbons (Fsp3) is 0.625. The highest BCUT2D eigenvalue weighted by atomic mass is 127. The predicted molar refractivity (Wildman–Crippen MR) is 108 cm³/mol. The summed E-state index contributed by atoms with van der Waals surface area (Å²) in [5.41, 5.74) is 2.63. The maximum Gasteiger partial charge on any atom is 0.191 e. The molecule has 7 heteroatoms. The third-order valence-corrected chi connectivity index (χ3v) is 4.45. The van der Waals surface area contributed by atoms with Crippen molar-refractivity contribution in [3.8, 4) is 0 Å². The zero-order chi connectivity index (χ0) is 15.8. The Balaban J connectivity index is 0.00000264. The Bertz CT molecular complexity index is 528. The Morgan fingerprint density at radius 3 is 2.87 bits per heavy atom. The summed E-state index contributed by atoms with van der Waals surface area (Å²) < 4.78 is 5.32. The van der Waals surface area contributed by atoms with Crippen LogP contribution in [0.5, 0.6) is 0 Å². The van der Waals surface area contributed by atoms with E-state index >= 15 is 0 Å². The normalized spacial score (nSPS) is 15.1. The number of hydrogen-bond donors (Lipinski definition) is 2. The van der Waals surface area contributed by atoms with E-state index in [2.05, 4.69) is 45.9 Å². The number of ether oxygens (including phenoxy) is 1. The second kappa shape index (κ2) is 11.0. The lowest BCUT2D eigenvalue weighted by Gasteiger charge is -2.15. The molecule has 2 N–H and O–H groups in total. The molecular formula is C16H27IN4OS. The van der Waals surface area contributed by atoms with Gasteiger partial charge in [-0.1, -0.05) is 25.5 Å². The summed E-state index contributed by atoms with van der Waals surface area (Å²) in [6.45, 7) is 7.54. The average molecular weight is 450 g/mol. The van der Waals surface area contributed by atoms with Gasteiger partial charge in [-0.15, -0.1) is 35.3 Å². The van der Waals surface area contributed by atoms with Crippen molar-refractivity contribution >= 4 is 41.3 Å². The number of nitrogens with one attached hydrogen (secondary N) is 2. The maximum atomic E-state index is 5.32. The van der Waals surface area contributed by atoms with Crippen molar-refractivity contribution < 1.29 is 4.74 Å². The SMILES string of the molecule is CN=C(NCCC1=CCOCC1)NCc1nc(C(C)C)cs1.I. The Hall–Kier alpha value is -0.670. The molecule has 0 atom stereocenters. The maximum absolute atomic E-state index is 5.32. The average Bonchev–Trinajstić information content (AvgIpc) is 3.01. The van der Waals surface area contributed by atoms with E-state index in [0.29, 0.717) is 12.5 Å². The minimum Gasteiger partial charge on any atom is -0.377 e. The van der Waals surface area contributed by atoms with Gasteiger partial charge in [0.25, 0.3) is 0 Å². The second-order valence-corrected chi connectivity index (χ2v) is 6.55. The van der Waals surface area contributed by atoms with Gasteiger partial charge < -0.3 is 15.4 Å². The molecule has 5 nitrogen and oxygen atoms in total. The molecule has 1 aliphatic heterocycles. The van der Waals surface area contributed by atoms with E-state index < -0.39 is 0 Å². The van der Waals surface area contributed by atoms with E-state index in [4.69, 9.17) is 4.74 Å². The zero-order valence-electron chi connectivity index (χ0n) is 14.1. The van der Waals surface area contributed by atoms with Gasteiger partial charge in [0.2, 0.25) is 0 Å².